The predicted octanol–water partition coefficient (Wildman–Crippen LogP) is 1.09. The zero-order valence-electron chi connectivity index (χ0n) is 20.4. The molecule has 202 valence electrons. The summed E-state index contributed by atoms with van der Waals surface area (Å²) in [6.07, 6.45) is -5.08. The third kappa shape index (κ3) is 6.21. The number of benzene rings is 1. The molecule has 0 aliphatic carbocycles. The number of aliphatic carboxylic acids is 1. The van der Waals surface area contributed by atoms with E-state index in [2.05, 4.69) is 32.0 Å². The van der Waals surface area contributed by atoms with Gasteiger partial charge in [-0.25, -0.2) is 9.59 Å². The number of carbonyl (C=O) groups is 2. The van der Waals surface area contributed by atoms with E-state index in [1.54, 1.807) is 42.8 Å². The van der Waals surface area contributed by atoms with E-state index < -0.39 is 18.1 Å². The Kier molecular flexibility index (Phi) is 8.58. The number of fused-ring (bicyclic) bond motifs is 1. The Morgan fingerprint density at radius 2 is 1.84 bits per heavy atom. The number of ether oxygens (including phenoxy) is 1. The highest BCUT2D eigenvalue weighted by atomic mass is 19.4. The number of nitrogens with two attached hydrogens (primary N) is 1. The Bertz CT molecular complexity index is 1460. The highest BCUT2D eigenvalue weighted by Gasteiger charge is 2.38. The maximum Gasteiger partial charge on any atom is 0.490 e. The van der Waals surface area contributed by atoms with Crippen molar-refractivity contribution in [1.82, 2.24) is 24.4 Å². The summed E-state index contributed by atoms with van der Waals surface area (Å²) in [6, 6.07) is 6.65. The number of halogens is 3. The summed E-state index contributed by atoms with van der Waals surface area (Å²) in [6.45, 7) is 4.97. The second-order valence-corrected chi connectivity index (χ2v) is 7.86. The standard InChI is InChI=1S/C21H23N7O3.C2HF3O2/c1-3-4-11-28-16-18(26(2)21(28)30)24-20(25-19(16)27-12-9-23-10-13-27)31-15-8-6-5-7-14(15)17(22)29;3-2(4,5)1(6)7/h5-8,23H,9-13H2,1-2H3,(H2,22,29);(H,6,7). The van der Waals surface area contributed by atoms with Gasteiger partial charge < -0.3 is 25.8 Å². The van der Waals surface area contributed by atoms with Crippen LogP contribution >= 0.6 is 0 Å². The van der Waals surface area contributed by atoms with Crippen LogP contribution in [0.3, 0.4) is 0 Å². The van der Waals surface area contributed by atoms with Crippen molar-refractivity contribution >= 4 is 28.9 Å². The van der Waals surface area contributed by atoms with Crippen LogP contribution < -0.4 is 26.4 Å². The number of alkyl halides is 3. The molecule has 1 amide bonds. The number of rotatable bonds is 5. The van der Waals surface area contributed by atoms with Crippen molar-refractivity contribution in [2.45, 2.75) is 19.6 Å². The number of aryl methyl sites for hydroxylation is 1. The fraction of sp³-hybridized carbons (Fsp3) is 0.348. The first-order chi connectivity index (χ1) is 18.0. The summed E-state index contributed by atoms with van der Waals surface area (Å²) < 4.78 is 40.6. The van der Waals surface area contributed by atoms with Crippen LogP contribution in [-0.4, -0.2) is 68.4 Å². The van der Waals surface area contributed by atoms with Crippen LogP contribution in [0.1, 0.15) is 17.3 Å². The van der Waals surface area contributed by atoms with Crippen molar-refractivity contribution in [2.75, 3.05) is 31.1 Å². The van der Waals surface area contributed by atoms with E-state index in [1.807, 2.05) is 0 Å². The van der Waals surface area contributed by atoms with E-state index in [0.29, 0.717) is 30.1 Å². The third-order valence-electron chi connectivity index (χ3n) is 5.36. The lowest BCUT2D eigenvalue weighted by atomic mass is 10.2. The molecule has 0 spiro atoms. The zero-order valence-corrected chi connectivity index (χ0v) is 20.4. The molecule has 38 heavy (non-hydrogen) atoms. The number of amides is 1. The van der Waals surface area contributed by atoms with E-state index in [-0.39, 0.29) is 29.6 Å². The van der Waals surface area contributed by atoms with Crippen molar-refractivity contribution in [3.63, 3.8) is 0 Å². The molecule has 2 aromatic heterocycles. The predicted molar refractivity (Wildman–Crippen MR) is 130 cm³/mol. The number of nitrogens with zero attached hydrogens (tertiary/aromatic N) is 5. The number of primary amides is 1. The van der Waals surface area contributed by atoms with Gasteiger partial charge in [0.25, 0.3) is 5.91 Å². The molecule has 1 fully saturated rings. The van der Waals surface area contributed by atoms with E-state index >= 15 is 0 Å². The van der Waals surface area contributed by atoms with Crippen LogP contribution in [0.5, 0.6) is 11.8 Å². The van der Waals surface area contributed by atoms with Gasteiger partial charge in [-0.3, -0.25) is 13.9 Å². The minimum atomic E-state index is -5.08. The van der Waals surface area contributed by atoms with Crippen molar-refractivity contribution in [1.29, 1.82) is 0 Å². The molecule has 4 N–H and O–H groups in total. The van der Waals surface area contributed by atoms with Gasteiger partial charge in [0, 0.05) is 33.2 Å². The molecule has 4 rings (SSSR count). The van der Waals surface area contributed by atoms with Gasteiger partial charge in [0.1, 0.15) is 11.3 Å². The summed E-state index contributed by atoms with van der Waals surface area (Å²) in [5.74, 6) is 3.24. The Labute approximate surface area is 213 Å². The molecule has 1 aliphatic heterocycles. The number of hydrogen-bond donors (Lipinski definition) is 3. The minimum Gasteiger partial charge on any atom is -0.475 e. The number of aromatic nitrogens is 4. The van der Waals surface area contributed by atoms with Crippen LogP contribution in [-0.2, 0) is 18.4 Å². The largest absolute Gasteiger partial charge is 0.490 e. The summed E-state index contributed by atoms with van der Waals surface area (Å²) in [4.78, 5) is 44.8. The highest BCUT2D eigenvalue weighted by Crippen LogP contribution is 2.29. The van der Waals surface area contributed by atoms with Gasteiger partial charge in [0.2, 0.25) is 0 Å². The van der Waals surface area contributed by atoms with Crippen molar-refractivity contribution in [3.05, 3.63) is 40.3 Å². The lowest BCUT2D eigenvalue weighted by Gasteiger charge is -2.29. The Balaban J connectivity index is 0.000000505. The number of carboxylic acids is 1. The maximum absolute atomic E-state index is 12.9. The number of anilines is 1. The molecule has 0 unspecified atom stereocenters. The first kappa shape index (κ1) is 28.0. The highest BCUT2D eigenvalue weighted by molar-refractivity contribution is 5.95. The number of para-hydroxylation sites is 1. The first-order valence-corrected chi connectivity index (χ1v) is 11.1. The molecule has 3 aromatic rings. The van der Waals surface area contributed by atoms with Crippen LogP contribution in [0.2, 0.25) is 0 Å². The van der Waals surface area contributed by atoms with Crippen molar-refractivity contribution < 1.29 is 32.6 Å². The maximum atomic E-state index is 12.9. The number of nitrogens with one attached hydrogen (secondary N) is 1. The van der Waals surface area contributed by atoms with Gasteiger partial charge in [0.05, 0.1) is 12.1 Å². The molecule has 1 aromatic carbocycles. The SMILES string of the molecule is CC#CCn1c(=O)n(C)c2nc(Oc3ccccc3C(N)=O)nc(N3CCNCC3)c21.O=C(O)C(F)(F)F. The Morgan fingerprint density at radius 3 is 2.42 bits per heavy atom. The van der Waals surface area contributed by atoms with Crippen LogP contribution in [0.4, 0.5) is 19.0 Å². The molecule has 0 saturated carbocycles. The average molecular weight is 535 g/mol. The summed E-state index contributed by atoms with van der Waals surface area (Å²) in [7, 11) is 1.65. The normalized spacial score (nSPS) is 13.2. The topological polar surface area (TPSA) is 158 Å². The molecular formula is C23H24F3N7O5. The van der Waals surface area contributed by atoms with Gasteiger partial charge in [0.15, 0.2) is 11.5 Å². The molecule has 12 nitrogen and oxygen atoms in total. The number of imidazole rings is 1. The number of carboxylic acid groups (broad SMARTS) is 1. The summed E-state index contributed by atoms with van der Waals surface area (Å²) >= 11 is 0. The minimum absolute atomic E-state index is 0.0315. The van der Waals surface area contributed by atoms with Crippen LogP contribution in [0, 0.1) is 11.8 Å². The van der Waals surface area contributed by atoms with Gasteiger partial charge in [-0.15, -0.1) is 5.92 Å². The van der Waals surface area contributed by atoms with E-state index in [9.17, 15) is 22.8 Å². The molecule has 15 heteroatoms. The first-order valence-electron chi connectivity index (χ1n) is 11.1. The van der Waals surface area contributed by atoms with Crippen molar-refractivity contribution in [2.24, 2.45) is 12.8 Å². The molecule has 1 aliphatic rings. The summed E-state index contributed by atoms with van der Waals surface area (Å²) in [5, 5.41) is 10.4. The fourth-order valence-electron chi connectivity index (χ4n) is 3.56. The Morgan fingerprint density at radius 1 is 1.21 bits per heavy atom. The number of hydrogen-bond acceptors (Lipinski definition) is 8. The molecular weight excluding hydrogens is 511 g/mol. The van der Waals surface area contributed by atoms with E-state index in [4.69, 9.17) is 20.4 Å². The fourth-order valence-corrected chi connectivity index (χ4v) is 3.56. The molecule has 3 heterocycles. The summed E-state index contributed by atoms with van der Waals surface area (Å²) in [5.41, 5.74) is 6.48. The molecule has 1 saturated heterocycles. The van der Waals surface area contributed by atoms with E-state index in [0.717, 1.165) is 13.1 Å². The monoisotopic (exact) mass is 535 g/mol. The van der Waals surface area contributed by atoms with Crippen molar-refractivity contribution in [3.8, 4) is 23.6 Å². The van der Waals surface area contributed by atoms with Gasteiger partial charge in [-0.1, -0.05) is 18.1 Å². The van der Waals surface area contributed by atoms with Crippen LogP contribution in [0.15, 0.2) is 29.1 Å². The smallest absolute Gasteiger partial charge is 0.475 e. The van der Waals surface area contributed by atoms with Gasteiger partial charge in [-0.2, -0.15) is 23.1 Å². The molecule has 0 atom stereocenters. The Hall–Kier alpha value is -4.58. The second kappa shape index (κ2) is 11.6. The molecule has 0 radical (unpaired) electrons. The van der Waals surface area contributed by atoms with Gasteiger partial charge >= 0.3 is 23.8 Å². The van der Waals surface area contributed by atoms with Gasteiger partial charge in [-0.05, 0) is 19.1 Å². The lowest BCUT2D eigenvalue weighted by Crippen LogP contribution is -2.44. The third-order valence-corrected chi connectivity index (χ3v) is 5.36. The number of carbonyl (C=O) groups excluding carboxylic acids is 1. The second-order valence-electron chi connectivity index (χ2n) is 7.86. The zero-order chi connectivity index (χ0) is 28.0. The lowest BCUT2D eigenvalue weighted by molar-refractivity contribution is -0.192. The van der Waals surface area contributed by atoms with E-state index in [1.165, 1.54) is 4.57 Å². The average Bonchev–Trinajstić information content (AvgIpc) is 3.12. The molecule has 0 bridgehead atoms. The number of piperazine rings is 1. The van der Waals surface area contributed by atoms with Crippen LogP contribution in [0.25, 0.3) is 11.2 Å². The quantitative estimate of drug-likeness (QED) is 0.407.